The molecule has 0 aromatic heterocycles. The Morgan fingerprint density at radius 2 is 1.48 bits per heavy atom. The second-order valence-corrected chi connectivity index (χ2v) is 13.8. The first kappa shape index (κ1) is 37.3. The van der Waals surface area contributed by atoms with Crippen LogP contribution in [-0.2, 0) is 44.8 Å². The van der Waals surface area contributed by atoms with Crippen LogP contribution in [0.15, 0.2) is 24.3 Å². The van der Waals surface area contributed by atoms with Crippen molar-refractivity contribution in [1.82, 2.24) is 10.6 Å². The van der Waals surface area contributed by atoms with Crippen LogP contribution in [0.2, 0.25) is 0 Å². The average molecular weight is 629 g/mol. The van der Waals surface area contributed by atoms with Gasteiger partial charge in [-0.05, 0) is 35.4 Å². The monoisotopic (exact) mass is 628 g/mol. The van der Waals surface area contributed by atoms with Gasteiger partial charge in [-0.25, -0.2) is 9.59 Å². The molecule has 0 heterocycles. The number of hydrogen-bond donors (Lipinski definition) is 2. The van der Waals surface area contributed by atoms with E-state index in [-0.39, 0.29) is 41.8 Å². The minimum Gasteiger partial charge on any atom is -0.467 e. The lowest BCUT2D eigenvalue weighted by Gasteiger charge is -2.23. The Bertz CT molecular complexity index is 1060. The summed E-state index contributed by atoms with van der Waals surface area (Å²) in [5, 5.41) is 5.43. The fraction of sp³-hybridized carbons (Fsp3) is 0.621. The minimum absolute atomic E-state index is 0.0866. The second-order valence-electron chi connectivity index (χ2n) is 11.2. The maximum atomic E-state index is 13.2. The summed E-state index contributed by atoms with van der Waals surface area (Å²) in [6.45, 7) is 11.1. The van der Waals surface area contributed by atoms with E-state index >= 15 is 0 Å². The molecule has 0 unspecified atom stereocenters. The Balaban J connectivity index is 2.81. The fourth-order valence-corrected chi connectivity index (χ4v) is 5.88. The van der Waals surface area contributed by atoms with Crippen molar-refractivity contribution >= 4 is 51.3 Å². The number of carbonyl (C=O) groups excluding carboxylic acids is 5. The molecule has 0 spiro atoms. The number of hydrogen-bond acceptors (Lipinski definition) is 11. The number of carbonyl (C=O) groups is 5. The van der Waals surface area contributed by atoms with E-state index in [9.17, 15) is 24.0 Å². The summed E-state index contributed by atoms with van der Waals surface area (Å²) in [6.07, 6.45) is -0.208. The normalized spacial score (nSPS) is 13.5. The molecule has 42 heavy (non-hydrogen) atoms. The number of ether oxygens (including phenoxy) is 4. The summed E-state index contributed by atoms with van der Waals surface area (Å²) >= 11 is 0. The molecule has 1 rings (SSSR count). The van der Waals surface area contributed by atoms with Gasteiger partial charge in [-0.15, -0.1) is 0 Å². The van der Waals surface area contributed by atoms with Crippen LogP contribution in [0.25, 0.3) is 0 Å². The van der Waals surface area contributed by atoms with Crippen LogP contribution in [0, 0.1) is 11.3 Å². The van der Waals surface area contributed by atoms with Gasteiger partial charge in [-0.1, -0.05) is 68.3 Å². The number of esters is 3. The zero-order chi connectivity index (χ0) is 31.9. The average Bonchev–Trinajstić information content (AvgIpc) is 2.89. The first-order valence-electron chi connectivity index (χ1n) is 13.5. The van der Waals surface area contributed by atoms with E-state index < -0.39 is 42.0 Å². The summed E-state index contributed by atoms with van der Waals surface area (Å²) in [5.41, 5.74) is 0.463. The van der Waals surface area contributed by atoms with Gasteiger partial charge >= 0.3 is 17.9 Å². The summed E-state index contributed by atoms with van der Waals surface area (Å²) in [7, 11) is 4.98. The van der Waals surface area contributed by atoms with Crippen LogP contribution in [0.1, 0.15) is 59.9 Å². The van der Waals surface area contributed by atoms with Crippen LogP contribution < -0.4 is 15.4 Å². The molecule has 0 aliphatic heterocycles. The number of amides is 2. The third kappa shape index (κ3) is 15.5. The van der Waals surface area contributed by atoms with E-state index in [1.807, 2.05) is 34.6 Å². The van der Waals surface area contributed by atoms with Gasteiger partial charge in [0, 0.05) is 24.9 Å². The van der Waals surface area contributed by atoms with E-state index in [2.05, 4.69) is 10.6 Å². The zero-order valence-electron chi connectivity index (χ0n) is 25.6. The molecule has 3 atom stereocenters. The maximum Gasteiger partial charge on any atom is 0.329 e. The first-order chi connectivity index (χ1) is 19.6. The lowest BCUT2D eigenvalue weighted by molar-refractivity contribution is -0.146. The lowest BCUT2D eigenvalue weighted by Crippen LogP contribution is -2.48. The van der Waals surface area contributed by atoms with E-state index in [4.69, 9.17) is 18.9 Å². The van der Waals surface area contributed by atoms with E-state index in [1.165, 1.54) is 42.7 Å². The molecule has 0 aliphatic carbocycles. The van der Waals surface area contributed by atoms with Crippen molar-refractivity contribution in [3.8, 4) is 5.75 Å². The molecular weight excluding hydrogens is 584 g/mol. The summed E-state index contributed by atoms with van der Waals surface area (Å²) < 4.78 is 20.8. The fourth-order valence-electron chi connectivity index (χ4n) is 3.59. The second kappa shape index (κ2) is 18.7. The molecule has 11 nitrogen and oxygen atoms in total. The topological polar surface area (TPSA) is 146 Å². The highest BCUT2D eigenvalue weighted by atomic mass is 33.1. The molecule has 0 saturated carbocycles. The van der Waals surface area contributed by atoms with Crippen molar-refractivity contribution in [3.63, 3.8) is 0 Å². The van der Waals surface area contributed by atoms with Gasteiger partial charge in [-0.3, -0.25) is 14.4 Å². The van der Waals surface area contributed by atoms with Crippen LogP contribution in [0.5, 0.6) is 5.75 Å². The number of rotatable bonds is 17. The minimum atomic E-state index is -0.974. The van der Waals surface area contributed by atoms with Crippen LogP contribution in [-0.4, -0.2) is 73.6 Å². The Labute approximate surface area is 256 Å². The Hall–Kier alpha value is -2.77. The van der Waals surface area contributed by atoms with E-state index in [0.29, 0.717) is 17.7 Å². The summed E-state index contributed by atoms with van der Waals surface area (Å²) in [5.74, 6) is -1.55. The van der Waals surface area contributed by atoms with Gasteiger partial charge in [-0.2, -0.15) is 0 Å². The zero-order valence-corrected chi connectivity index (χ0v) is 27.3. The van der Waals surface area contributed by atoms with Crippen molar-refractivity contribution < 1.29 is 42.9 Å². The standard InChI is InChI=1S/C29H44N2O9S2/c1-18(2)12-24(39-15-20-10-9-11-21(13-20)40-19(3)32)26(34)31-23(28(36)38-8)17-42-41-16-22(27(35)37-7)30-25(33)14-29(4,5)6/h9-11,13,18,22-24H,12,14-17H2,1-8H3,(H,30,33)(H,31,34)/t22-,23-,24-/m0/s1. The number of nitrogens with one attached hydrogen (secondary N) is 2. The largest absolute Gasteiger partial charge is 0.467 e. The quantitative estimate of drug-likeness (QED) is 0.113. The van der Waals surface area contributed by atoms with Crippen molar-refractivity contribution in [2.45, 2.75) is 79.2 Å². The molecule has 0 fully saturated rings. The summed E-state index contributed by atoms with van der Waals surface area (Å²) in [4.78, 5) is 61.5. The van der Waals surface area contributed by atoms with Gasteiger partial charge in [0.2, 0.25) is 11.8 Å². The highest BCUT2D eigenvalue weighted by Gasteiger charge is 2.29. The van der Waals surface area contributed by atoms with Gasteiger partial charge in [0.1, 0.15) is 23.9 Å². The molecule has 236 valence electrons. The predicted octanol–water partition coefficient (Wildman–Crippen LogP) is 3.68. The van der Waals surface area contributed by atoms with E-state index in [1.54, 1.807) is 24.3 Å². The molecule has 2 amide bonds. The number of benzene rings is 1. The Morgan fingerprint density at radius 1 is 0.905 bits per heavy atom. The SMILES string of the molecule is COC(=O)[C@H](CSSC[C@H](NC(=O)[C@H](CC(C)C)OCc1cccc(OC(C)=O)c1)C(=O)OC)NC(=O)CC(C)(C)C. The Kier molecular flexibility index (Phi) is 16.6. The molecule has 0 bridgehead atoms. The van der Waals surface area contributed by atoms with Crippen molar-refractivity contribution in [2.24, 2.45) is 11.3 Å². The predicted molar refractivity (Wildman–Crippen MR) is 163 cm³/mol. The molecule has 1 aromatic carbocycles. The third-order valence-electron chi connectivity index (χ3n) is 5.46. The Morgan fingerprint density at radius 3 is 1.98 bits per heavy atom. The number of methoxy groups -OCH3 is 2. The van der Waals surface area contributed by atoms with Crippen LogP contribution >= 0.6 is 21.6 Å². The molecule has 0 saturated heterocycles. The molecule has 2 N–H and O–H groups in total. The van der Waals surface area contributed by atoms with Crippen LogP contribution in [0.3, 0.4) is 0 Å². The molecule has 0 radical (unpaired) electrons. The van der Waals surface area contributed by atoms with Gasteiger partial charge in [0.15, 0.2) is 0 Å². The maximum absolute atomic E-state index is 13.2. The molecule has 1 aromatic rings. The van der Waals surface area contributed by atoms with E-state index in [0.717, 1.165) is 0 Å². The van der Waals surface area contributed by atoms with Crippen molar-refractivity contribution in [3.05, 3.63) is 29.8 Å². The van der Waals surface area contributed by atoms with Gasteiger partial charge in [0.05, 0.1) is 20.8 Å². The van der Waals surface area contributed by atoms with Crippen LogP contribution in [0.4, 0.5) is 0 Å². The van der Waals surface area contributed by atoms with Gasteiger partial charge < -0.3 is 29.6 Å². The first-order valence-corrected chi connectivity index (χ1v) is 16.0. The smallest absolute Gasteiger partial charge is 0.329 e. The van der Waals surface area contributed by atoms with Gasteiger partial charge in [0.25, 0.3) is 0 Å². The molecular formula is C29H44N2O9S2. The molecule has 0 aliphatic rings. The van der Waals surface area contributed by atoms with Crippen molar-refractivity contribution in [1.29, 1.82) is 0 Å². The third-order valence-corrected chi connectivity index (χ3v) is 7.88. The lowest BCUT2D eigenvalue weighted by atomic mass is 9.92. The highest BCUT2D eigenvalue weighted by molar-refractivity contribution is 8.76. The molecule has 13 heteroatoms. The highest BCUT2D eigenvalue weighted by Crippen LogP contribution is 2.25. The summed E-state index contributed by atoms with van der Waals surface area (Å²) in [6, 6.07) is 4.97. The van der Waals surface area contributed by atoms with Crippen molar-refractivity contribution in [2.75, 3.05) is 25.7 Å².